The molecule has 2 aromatic rings. The van der Waals surface area contributed by atoms with Crippen LogP contribution in [0, 0.1) is 5.92 Å². The maximum absolute atomic E-state index is 12.5. The second-order valence-corrected chi connectivity index (χ2v) is 7.81. The number of likely N-dealkylation sites (tertiary alicyclic amines) is 1. The van der Waals surface area contributed by atoms with E-state index in [-0.39, 0.29) is 11.8 Å². The summed E-state index contributed by atoms with van der Waals surface area (Å²) < 4.78 is 2.04. The molecule has 0 spiro atoms. The van der Waals surface area contributed by atoms with Crippen LogP contribution in [-0.2, 0) is 11.8 Å². The van der Waals surface area contributed by atoms with E-state index in [4.69, 9.17) is 0 Å². The fraction of sp³-hybridized carbons (Fsp3) is 0.579. The first kappa shape index (κ1) is 15.6. The summed E-state index contributed by atoms with van der Waals surface area (Å²) in [6, 6.07) is 4.35. The van der Waals surface area contributed by atoms with Crippen molar-refractivity contribution in [1.29, 1.82) is 0 Å². The van der Waals surface area contributed by atoms with Crippen molar-refractivity contribution >= 4 is 16.9 Å². The Bertz CT molecular complexity index is 764. The molecule has 5 nitrogen and oxygen atoms in total. The van der Waals surface area contributed by atoms with Crippen LogP contribution in [0.4, 0.5) is 0 Å². The molecule has 1 amide bonds. The Kier molecular flexibility index (Phi) is 3.64. The van der Waals surface area contributed by atoms with E-state index in [1.54, 1.807) is 0 Å². The number of aromatic nitrogens is 2. The summed E-state index contributed by atoms with van der Waals surface area (Å²) in [5.74, 6) is 0.742. The minimum Gasteiger partial charge on any atom is -0.390 e. The topological polar surface area (TPSA) is 58.4 Å². The van der Waals surface area contributed by atoms with Crippen LogP contribution in [0.3, 0.4) is 0 Å². The number of amides is 1. The van der Waals surface area contributed by atoms with Crippen LogP contribution in [0.5, 0.6) is 0 Å². The molecule has 3 heterocycles. The van der Waals surface area contributed by atoms with Crippen LogP contribution in [0.25, 0.3) is 11.0 Å². The lowest BCUT2D eigenvalue weighted by Crippen LogP contribution is -2.51. The summed E-state index contributed by atoms with van der Waals surface area (Å²) in [5.41, 5.74) is 1.67. The lowest BCUT2D eigenvalue weighted by Gasteiger charge is -2.43. The van der Waals surface area contributed by atoms with Gasteiger partial charge < -0.3 is 14.6 Å². The number of carbonyl (C=O) groups is 1. The van der Waals surface area contributed by atoms with Gasteiger partial charge in [-0.1, -0.05) is 0 Å². The SMILES string of the molecule is Cn1ccc2cc(C3CCN(C(=O)[C@H]4C[C@@](C)(O)C4)CC3)cnc21. The smallest absolute Gasteiger partial charge is 0.225 e. The molecular formula is C19H25N3O2. The Morgan fingerprint density at radius 2 is 2.04 bits per heavy atom. The van der Waals surface area contributed by atoms with Crippen LogP contribution in [0.2, 0.25) is 0 Å². The van der Waals surface area contributed by atoms with Crippen molar-refractivity contribution in [2.75, 3.05) is 13.1 Å². The second-order valence-electron chi connectivity index (χ2n) is 7.81. The van der Waals surface area contributed by atoms with Crippen molar-refractivity contribution in [3.63, 3.8) is 0 Å². The number of fused-ring (bicyclic) bond motifs is 1. The van der Waals surface area contributed by atoms with Gasteiger partial charge in [-0.2, -0.15) is 0 Å². The molecule has 1 saturated heterocycles. The molecule has 1 saturated carbocycles. The van der Waals surface area contributed by atoms with Gasteiger partial charge in [-0.25, -0.2) is 4.98 Å². The average Bonchev–Trinajstić information content (AvgIpc) is 2.93. The van der Waals surface area contributed by atoms with Crippen LogP contribution < -0.4 is 0 Å². The zero-order valence-corrected chi connectivity index (χ0v) is 14.4. The van der Waals surface area contributed by atoms with E-state index < -0.39 is 5.60 Å². The van der Waals surface area contributed by atoms with Crippen molar-refractivity contribution in [3.8, 4) is 0 Å². The molecule has 1 N–H and O–H groups in total. The van der Waals surface area contributed by atoms with E-state index in [2.05, 4.69) is 17.1 Å². The van der Waals surface area contributed by atoms with E-state index >= 15 is 0 Å². The first-order valence-electron chi connectivity index (χ1n) is 8.85. The van der Waals surface area contributed by atoms with Gasteiger partial charge in [-0.05, 0) is 56.2 Å². The van der Waals surface area contributed by atoms with Crippen LogP contribution in [-0.4, -0.2) is 44.2 Å². The molecule has 5 heteroatoms. The fourth-order valence-electron chi connectivity index (χ4n) is 4.26. The molecule has 2 aliphatic rings. The standard InChI is InChI=1S/C19H25N3O2/c1-19(24)10-16(11-19)18(23)22-7-4-13(5-8-22)15-9-14-3-6-21(2)17(14)20-12-15/h3,6,9,12-13,16,24H,4-5,7-8,10-11H2,1-2H3/t16-,19+. The molecule has 2 fully saturated rings. The number of carbonyl (C=O) groups excluding carboxylic acids is 1. The number of rotatable bonds is 2. The molecule has 1 aliphatic carbocycles. The molecule has 0 radical (unpaired) electrons. The number of piperidine rings is 1. The second kappa shape index (κ2) is 5.59. The van der Waals surface area contributed by atoms with Gasteiger partial charge in [0.05, 0.1) is 5.60 Å². The van der Waals surface area contributed by atoms with Gasteiger partial charge in [-0.15, -0.1) is 0 Å². The largest absolute Gasteiger partial charge is 0.390 e. The Morgan fingerprint density at radius 1 is 1.33 bits per heavy atom. The van der Waals surface area contributed by atoms with Gasteiger partial charge in [0.1, 0.15) is 5.65 Å². The summed E-state index contributed by atoms with van der Waals surface area (Å²) in [5, 5.41) is 11.0. The first-order valence-corrected chi connectivity index (χ1v) is 8.85. The highest BCUT2D eigenvalue weighted by atomic mass is 16.3. The van der Waals surface area contributed by atoms with Crippen molar-refractivity contribution in [3.05, 3.63) is 30.1 Å². The Hall–Kier alpha value is -1.88. The van der Waals surface area contributed by atoms with Crippen LogP contribution in [0.15, 0.2) is 24.5 Å². The van der Waals surface area contributed by atoms with Crippen LogP contribution >= 0.6 is 0 Å². The zero-order chi connectivity index (χ0) is 16.9. The molecule has 128 valence electrons. The molecule has 2 aromatic heterocycles. The number of pyridine rings is 1. The van der Waals surface area contributed by atoms with Crippen molar-refractivity contribution in [2.24, 2.45) is 13.0 Å². The predicted molar refractivity (Wildman–Crippen MR) is 92.6 cm³/mol. The summed E-state index contributed by atoms with van der Waals surface area (Å²) in [4.78, 5) is 19.1. The third-order valence-corrected chi connectivity index (χ3v) is 5.73. The van der Waals surface area contributed by atoms with E-state index in [1.807, 2.05) is 35.8 Å². The highest BCUT2D eigenvalue weighted by Crippen LogP contribution is 2.39. The molecule has 0 bridgehead atoms. The van der Waals surface area contributed by atoms with Crippen molar-refractivity contribution in [2.45, 2.75) is 44.1 Å². The third kappa shape index (κ3) is 2.71. The maximum atomic E-state index is 12.5. The Morgan fingerprint density at radius 3 is 2.71 bits per heavy atom. The molecule has 24 heavy (non-hydrogen) atoms. The monoisotopic (exact) mass is 327 g/mol. The molecule has 0 unspecified atom stereocenters. The highest BCUT2D eigenvalue weighted by molar-refractivity contribution is 5.80. The lowest BCUT2D eigenvalue weighted by atomic mass is 9.71. The number of hydrogen-bond donors (Lipinski definition) is 1. The van der Waals surface area contributed by atoms with E-state index in [1.165, 1.54) is 10.9 Å². The molecule has 4 rings (SSSR count). The summed E-state index contributed by atoms with van der Waals surface area (Å²) in [6.45, 7) is 3.44. The summed E-state index contributed by atoms with van der Waals surface area (Å²) in [7, 11) is 2.01. The minimum atomic E-state index is -0.630. The third-order valence-electron chi connectivity index (χ3n) is 5.73. The van der Waals surface area contributed by atoms with Gasteiger partial charge >= 0.3 is 0 Å². The normalized spacial score (nSPS) is 28.1. The highest BCUT2D eigenvalue weighted by Gasteiger charge is 2.44. The van der Waals surface area contributed by atoms with Gasteiger partial charge in [-0.3, -0.25) is 4.79 Å². The van der Waals surface area contributed by atoms with Gasteiger partial charge in [0.15, 0.2) is 0 Å². The quantitative estimate of drug-likeness (QED) is 0.922. The van der Waals surface area contributed by atoms with E-state index in [0.717, 1.165) is 31.6 Å². The van der Waals surface area contributed by atoms with Gasteiger partial charge in [0.25, 0.3) is 0 Å². The zero-order valence-electron chi connectivity index (χ0n) is 14.4. The molecule has 0 aromatic carbocycles. The summed E-state index contributed by atoms with van der Waals surface area (Å²) >= 11 is 0. The van der Waals surface area contributed by atoms with Crippen molar-refractivity contribution in [1.82, 2.24) is 14.5 Å². The van der Waals surface area contributed by atoms with Gasteiger partial charge in [0, 0.05) is 43.8 Å². The van der Waals surface area contributed by atoms with Crippen molar-refractivity contribution < 1.29 is 9.90 Å². The van der Waals surface area contributed by atoms with Crippen LogP contribution in [0.1, 0.15) is 44.1 Å². The molecule has 0 atom stereocenters. The lowest BCUT2D eigenvalue weighted by molar-refractivity contribution is -0.150. The number of hydrogen-bond acceptors (Lipinski definition) is 3. The molecular weight excluding hydrogens is 302 g/mol. The predicted octanol–water partition coefficient (Wildman–Crippen LogP) is 2.44. The van der Waals surface area contributed by atoms with E-state index in [0.29, 0.717) is 18.8 Å². The minimum absolute atomic E-state index is 0.0267. The number of nitrogens with zero attached hydrogens (tertiary/aromatic N) is 3. The maximum Gasteiger partial charge on any atom is 0.225 e. The fourth-order valence-corrected chi connectivity index (χ4v) is 4.26. The Labute approximate surface area is 142 Å². The number of aryl methyl sites for hydroxylation is 1. The summed E-state index contributed by atoms with van der Waals surface area (Å²) in [6.07, 6.45) is 7.24. The molecule has 1 aliphatic heterocycles. The average molecular weight is 327 g/mol. The first-order chi connectivity index (χ1) is 11.4. The van der Waals surface area contributed by atoms with Gasteiger partial charge in [0.2, 0.25) is 5.91 Å². The Balaban J connectivity index is 1.39. The number of aliphatic hydroxyl groups is 1. The van der Waals surface area contributed by atoms with E-state index in [9.17, 15) is 9.90 Å².